The molecule has 3 rings (SSSR count). The summed E-state index contributed by atoms with van der Waals surface area (Å²) in [5.74, 6) is 1.13. The van der Waals surface area contributed by atoms with Gasteiger partial charge in [0.1, 0.15) is 12.2 Å². The number of aromatic nitrogens is 3. The molecule has 1 unspecified atom stereocenters. The summed E-state index contributed by atoms with van der Waals surface area (Å²) in [6.45, 7) is 0.840. The Morgan fingerprint density at radius 1 is 1.39 bits per heavy atom. The summed E-state index contributed by atoms with van der Waals surface area (Å²) in [6.07, 6.45) is 5.99. The summed E-state index contributed by atoms with van der Waals surface area (Å²) in [4.78, 5) is 14.7. The highest BCUT2D eigenvalue weighted by Crippen LogP contribution is 2.24. The Morgan fingerprint density at radius 3 is 2.96 bits per heavy atom. The van der Waals surface area contributed by atoms with Crippen molar-refractivity contribution in [3.63, 3.8) is 0 Å². The van der Waals surface area contributed by atoms with Crippen LogP contribution in [0.4, 0.5) is 0 Å². The van der Waals surface area contributed by atoms with Gasteiger partial charge in [-0.2, -0.15) is 0 Å². The topological polar surface area (TPSA) is 51.0 Å². The van der Waals surface area contributed by atoms with Crippen molar-refractivity contribution in [1.82, 2.24) is 19.7 Å². The lowest BCUT2D eigenvalue weighted by molar-refractivity contribution is -0.131. The smallest absolute Gasteiger partial charge is 0.227 e. The standard InChI is InChI=1S/C17H21ClN4O/c1-21-12-19-20-16(21)9-8-14-6-4-10-22(14)17(23)11-13-5-2-3-7-15(13)18/h2-3,5,7,12,14H,4,6,8-11H2,1H3. The number of halogens is 1. The maximum Gasteiger partial charge on any atom is 0.227 e. The van der Waals surface area contributed by atoms with Crippen molar-refractivity contribution >= 4 is 17.5 Å². The zero-order valence-corrected chi connectivity index (χ0v) is 14.0. The first-order chi connectivity index (χ1) is 11.1. The van der Waals surface area contributed by atoms with Gasteiger partial charge in [0.05, 0.1) is 6.42 Å². The molecule has 0 bridgehead atoms. The van der Waals surface area contributed by atoms with Gasteiger partial charge in [-0.05, 0) is 30.9 Å². The quantitative estimate of drug-likeness (QED) is 0.845. The minimum atomic E-state index is 0.165. The first kappa shape index (κ1) is 16.0. The Balaban J connectivity index is 1.61. The highest BCUT2D eigenvalue weighted by Gasteiger charge is 2.28. The van der Waals surface area contributed by atoms with Crippen LogP contribution in [0.3, 0.4) is 0 Å². The molecule has 6 heteroatoms. The first-order valence-electron chi connectivity index (χ1n) is 8.01. The highest BCUT2D eigenvalue weighted by molar-refractivity contribution is 6.31. The maximum atomic E-state index is 12.6. The van der Waals surface area contributed by atoms with Crippen LogP contribution in [0.5, 0.6) is 0 Å². The third-order valence-corrected chi connectivity index (χ3v) is 4.87. The van der Waals surface area contributed by atoms with E-state index in [0.717, 1.165) is 43.6 Å². The van der Waals surface area contributed by atoms with Crippen LogP contribution < -0.4 is 0 Å². The molecule has 2 heterocycles. The van der Waals surface area contributed by atoms with Gasteiger partial charge in [-0.1, -0.05) is 29.8 Å². The lowest BCUT2D eigenvalue weighted by atomic mass is 10.1. The van der Waals surface area contributed by atoms with Crippen molar-refractivity contribution in [3.8, 4) is 0 Å². The van der Waals surface area contributed by atoms with Crippen molar-refractivity contribution in [2.45, 2.75) is 38.1 Å². The van der Waals surface area contributed by atoms with Crippen molar-refractivity contribution in [2.24, 2.45) is 7.05 Å². The molecule has 1 amide bonds. The largest absolute Gasteiger partial charge is 0.339 e. The van der Waals surface area contributed by atoms with Gasteiger partial charge in [-0.25, -0.2) is 0 Å². The number of hydrogen-bond acceptors (Lipinski definition) is 3. The minimum absolute atomic E-state index is 0.165. The van der Waals surface area contributed by atoms with Crippen LogP contribution in [0.2, 0.25) is 5.02 Å². The summed E-state index contributed by atoms with van der Waals surface area (Å²) in [7, 11) is 1.95. The molecular formula is C17H21ClN4O. The van der Waals surface area contributed by atoms with Crippen molar-refractivity contribution in [2.75, 3.05) is 6.54 Å². The molecule has 2 aromatic rings. The molecule has 5 nitrogen and oxygen atoms in total. The Kier molecular flexibility index (Phi) is 4.96. The average molecular weight is 333 g/mol. The molecule has 0 saturated carbocycles. The number of rotatable bonds is 5. The lowest BCUT2D eigenvalue weighted by Gasteiger charge is -2.25. The number of likely N-dealkylation sites (tertiary alicyclic amines) is 1. The van der Waals surface area contributed by atoms with E-state index in [9.17, 15) is 4.79 Å². The van der Waals surface area contributed by atoms with E-state index in [-0.39, 0.29) is 5.91 Å². The normalized spacial score (nSPS) is 17.7. The van der Waals surface area contributed by atoms with Gasteiger partial charge in [0.25, 0.3) is 0 Å². The van der Waals surface area contributed by atoms with Gasteiger partial charge in [-0.3, -0.25) is 4.79 Å². The molecule has 0 aliphatic carbocycles. The predicted octanol–water partition coefficient (Wildman–Crippen LogP) is 2.63. The second kappa shape index (κ2) is 7.13. The zero-order valence-electron chi connectivity index (χ0n) is 13.3. The van der Waals surface area contributed by atoms with E-state index in [1.54, 1.807) is 6.33 Å². The summed E-state index contributed by atoms with van der Waals surface area (Å²) in [6, 6.07) is 7.85. The molecular weight excluding hydrogens is 312 g/mol. The van der Waals surface area contributed by atoms with E-state index in [1.165, 1.54) is 0 Å². The van der Waals surface area contributed by atoms with Gasteiger partial charge < -0.3 is 9.47 Å². The predicted molar refractivity (Wildman–Crippen MR) is 89.2 cm³/mol. The summed E-state index contributed by atoms with van der Waals surface area (Å²) >= 11 is 6.17. The van der Waals surface area contributed by atoms with Gasteiger partial charge in [0, 0.05) is 31.1 Å². The number of benzene rings is 1. The van der Waals surface area contributed by atoms with E-state index in [2.05, 4.69) is 10.2 Å². The van der Waals surface area contributed by atoms with Crippen molar-refractivity contribution < 1.29 is 4.79 Å². The fourth-order valence-corrected chi connectivity index (χ4v) is 3.40. The average Bonchev–Trinajstić information content (AvgIpc) is 3.16. The summed E-state index contributed by atoms with van der Waals surface area (Å²) < 4.78 is 1.94. The van der Waals surface area contributed by atoms with Gasteiger partial charge in [-0.15, -0.1) is 10.2 Å². The van der Waals surface area contributed by atoms with Gasteiger partial charge >= 0.3 is 0 Å². The van der Waals surface area contributed by atoms with Crippen molar-refractivity contribution in [3.05, 3.63) is 47.0 Å². The van der Waals surface area contributed by atoms with E-state index < -0.39 is 0 Å². The SMILES string of the molecule is Cn1cnnc1CCC1CCCN1C(=O)Cc1ccccc1Cl. The number of hydrogen-bond donors (Lipinski definition) is 0. The third kappa shape index (κ3) is 3.72. The van der Waals surface area contributed by atoms with E-state index >= 15 is 0 Å². The number of carbonyl (C=O) groups is 1. The first-order valence-corrected chi connectivity index (χ1v) is 8.38. The van der Waals surface area contributed by atoms with Gasteiger partial charge in [0.15, 0.2) is 0 Å². The fraction of sp³-hybridized carbons (Fsp3) is 0.471. The van der Waals surface area contributed by atoms with Crippen LogP contribution in [0, 0.1) is 0 Å². The van der Waals surface area contributed by atoms with E-state index in [1.807, 2.05) is 40.8 Å². The number of amides is 1. The molecule has 0 spiro atoms. The molecule has 1 aromatic heterocycles. The summed E-state index contributed by atoms with van der Waals surface area (Å²) in [5, 5.41) is 8.69. The molecule has 1 aromatic carbocycles. The second-order valence-corrected chi connectivity index (χ2v) is 6.46. The maximum absolute atomic E-state index is 12.6. The van der Waals surface area contributed by atoms with Crippen LogP contribution in [0.15, 0.2) is 30.6 Å². The lowest BCUT2D eigenvalue weighted by Crippen LogP contribution is -2.37. The molecule has 0 radical (unpaired) electrons. The number of aryl methyl sites for hydroxylation is 2. The fourth-order valence-electron chi connectivity index (χ4n) is 3.20. The molecule has 1 fully saturated rings. The molecule has 1 saturated heterocycles. The van der Waals surface area contributed by atoms with E-state index in [0.29, 0.717) is 17.5 Å². The van der Waals surface area contributed by atoms with Crippen LogP contribution in [-0.2, 0) is 24.7 Å². The minimum Gasteiger partial charge on any atom is -0.339 e. The molecule has 1 aliphatic heterocycles. The zero-order chi connectivity index (χ0) is 16.2. The third-order valence-electron chi connectivity index (χ3n) is 4.50. The van der Waals surface area contributed by atoms with Gasteiger partial charge in [0.2, 0.25) is 5.91 Å². The molecule has 1 atom stereocenters. The Labute approximate surface area is 141 Å². The van der Waals surface area contributed by atoms with Crippen LogP contribution >= 0.6 is 11.6 Å². The molecule has 0 N–H and O–H groups in total. The van der Waals surface area contributed by atoms with Crippen molar-refractivity contribution in [1.29, 1.82) is 0 Å². The van der Waals surface area contributed by atoms with E-state index in [4.69, 9.17) is 11.6 Å². The highest BCUT2D eigenvalue weighted by atomic mass is 35.5. The number of nitrogens with zero attached hydrogens (tertiary/aromatic N) is 4. The number of carbonyl (C=O) groups excluding carboxylic acids is 1. The van der Waals surface area contributed by atoms with Crippen LogP contribution in [0.25, 0.3) is 0 Å². The Morgan fingerprint density at radius 2 is 2.22 bits per heavy atom. The second-order valence-electron chi connectivity index (χ2n) is 6.05. The summed E-state index contributed by atoms with van der Waals surface area (Å²) in [5.41, 5.74) is 0.901. The monoisotopic (exact) mass is 332 g/mol. The molecule has 1 aliphatic rings. The van der Waals surface area contributed by atoms with Crippen LogP contribution in [0.1, 0.15) is 30.7 Å². The molecule has 122 valence electrons. The van der Waals surface area contributed by atoms with Crippen LogP contribution in [-0.4, -0.2) is 38.2 Å². The Bertz CT molecular complexity index is 685. The Hall–Kier alpha value is -1.88. The molecule has 23 heavy (non-hydrogen) atoms.